The highest BCUT2D eigenvalue weighted by Gasteiger charge is 2.18. The predicted molar refractivity (Wildman–Crippen MR) is 85.3 cm³/mol. The maximum absolute atomic E-state index is 4.51. The van der Waals surface area contributed by atoms with Crippen LogP contribution >= 0.6 is 0 Å². The lowest BCUT2D eigenvalue weighted by Gasteiger charge is -2.26. The molecule has 0 bridgehead atoms. The zero-order valence-corrected chi connectivity index (χ0v) is 13.3. The van der Waals surface area contributed by atoms with E-state index in [1.54, 1.807) is 0 Å². The highest BCUT2D eigenvalue weighted by atomic mass is 15.1. The Morgan fingerprint density at radius 1 is 1.05 bits per heavy atom. The predicted octanol–water partition coefficient (Wildman–Crippen LogP) is 3.76. The normalized spacial score (nSPS) is 22.6. The van der Waals surface area contributed by atoms with Crippen LogP contribution in [0.25, 0.3) is 0 Å². The van der Waals surface area contributed by atoms with Gasteiger partial charge in [0.15, 0.2) is 0 Å². The fraction of sp³-hybridized carbons (Fsp3) is 0.750. The number of hydrogen-bond acceptors (Lipinski definition) is 4. The van der Waals surface area contributed by atoms with Crippen LogP contribution < -0.4 is 10.6 Å². The van der Waals surface area contributed by atoms with Crippen LogP contribution in [0, 0.1) is 25.7 Å². The maximum atomic E-state index is 4.51. The van der Waals surface area contributed by atoms with Crippen LogP contribution in [0.1, 0.15) is 50.4 Å². The van der Waals surface area contributed by atoms with Gasteiger partial charge in [0.25, 0.3) is 0 Å². The third kappa shape index (κ3) is 3.84. The number of aryl methyl sites for hydroxylation is 1. The summed E-state index contributed by atoms with van der Waals surface area (Å²) in [5.41, 5.74) is 1.11. The standard InChI is InChI=1S/C16H28N4/c1-11-5-7-14(8-6-11)9-10-18-16-12(2)15(17-4)19-13(3)20-16/h11,14H,5-10H2,1-4H3,(H2,17,18,19,20). The Morgan fingerprint density at radius 3 is 2.35 bits per heavy atom. The van der Waals surface area contributed by atoms with Gasteiger partial charge < -0.3 is 10.6 Å². The van der Waals surface area contributed by atoms with Crippen LogP contribution in [-0.4, -0.2) is 23.6 Å². The van der Waals surface area contributed by atoms with Crippen molar-refractivity contribution in [2.45, 2.75) is 52.9 Å². The molecule has 0 radical (unpaired) electrons. The molecule has 1 heterocycles. The van der Waals surface area contributed by atoms with Gasteiger partial charge in [0.2, 0.25) is 0 Å². The topological polar surface area (TPSA) is 49.8 Å². The molecule has 0 unspecified atom stereocenters. The van der Waals surface area contributed by atoms with E-state index in [9.17, 15) is 0 Å². The Bertz CT molecular complexity index is 436. The van der Waals surface area contributed by atoms with Gasteiger partial charge in [-0.1, -0.05) is 32.6 Å². The molecule has 1 fully saturated rings. The summed E-state index contributed by atoms with van der Waals surface area (Å²) in [7, 11) is 1.90. The van der Waals surface area contributed by atoms with Crippen molar-refractivity contribution in [1.29, 1.82) is 0 Å². The minimum atomic E-state index is 0.814. The van der Waals surface area contributed by atoms with Crippen molar-refractivity contribution in [1.82, 2.24) is 9.97 Å². The van der Waals surface area contributed by atoms with E-state index in [0.717, 1.165) is 41.4 Å². The van der Waals surface area contributed by atoms with Crippen molar-refractivity contribution < 1.29 is 0 Å². The van der Waals surface area contributed by atoms with Crippen molar-refractivity contribution in [2.75, 3.05) is 24.2 Å². The molecule has 0 aromatic carbocycles. The second-order valence-corrected chi connectivity index (χ2v) is 6.18. The molecule has 0 amide bonds. The Labute approximate surface area is 122 Å². The lowest BCUT2D eigenvalue weighted by molar-refractivity contribution is 0.282. The van der Waals surface area contributed by atoms with Crippen LogP contribution in [0.3, 0.4) is 0 Å². The van der Waals surface area contributed by atoms with Gasteiger partial charge in [0.1, 0.15) is 17.5 Å². The first kappa shape index (κ1) is 15.1. The van der Waals surface area contributed by atoms with E-state index in [1.807, 2.05) is 14.0 Å². The Hall–Kier alpha value is -1.32. The Morgan fingerprint density at radius 2 is 1.70 bits per heavy atom. The van der Waals surface area contributed by atoms with E-state index < -0.39 is 0 Å². The molecule has 20 heavy (non-hydrogen) atoms. The second-order valence-electron chi connectivity index (χ2n) is 6.18. The summed E-state index contributed by atoms with van der Waals surface area (Å²) in [4.78, 5) is 8.91. The highest BCUT2D eigenvalue weighted by Crippen LogP contribution is 2.30. The van der Waals surface area contributed by atoms with Crippen molar-refractivity contribution in [3.05, 3.63) is 11.4 Å². The molecule has 4 heteroatoms. The molecular weight excluding hydrogens is 248 g/mol. The highest BCUT2D eigenvalue weighted by molar-refractivity contribution is 5.56. The van der Waals surface area contributed by atoms with Crippen LogP contribution in [-0.2, 0) is 0 Å². The van der Waals surface area contributed by atoms with Gasteiger partial charge in [-0.25, -0.2) is 9.97 Å². The lowest BCUT2D eigenvalue weighted by atomic mass is 9.81. The van der Waals surface area contributed by atoms with E-state index in [1.165, 1.54) is 32.1 Å². The molecule has 2 N–H and O–H groups in total. The van der Waals surface area contributed by atoms with Gasteiger partial charge in [0.05, 0.1) is 0 Å². The summed E-state index contributed by atoms with van der Waals surface area (Å²) in [6.07, 6.45) is 6.85. The fourth-order valence-electron chi connectivity index (χ4n) is 3.06. The molecule has 112 valence electrons. The smallest absolute Gasteiger partial charge is 0.134 e. The minimum Gasteiger partial charge on any atom is -0.373 e. The van der Waals surface area contributed by atoms with Crippen molar-refractivity contribution in [3.8, 4) is 0 Å². The third-order valence-corrected chi connectivity index (χ3v) is 4.47. The summed E-state index contributed by atoms with van der Waals surface area (Å²) >= 11 is 0. The van der Waals surface area contributed by atoms with Gasteiger partial charge in [-0.3, -0.25) is 0 Å². The van der Waals surface area contributed by atoms with Crippen molar-refractivity contribution in [2.24, 2.45) is 11.8 Å². The monoisotopic (exact) mass is 276 g/mol. The Balaban J connectivity index is 1.86. The van der Waals surface area contributed by atoms with Crippen molar-refractivity contribution >= 4 is 11.6 Å². The molecule has 1 aromatic heterocycles. The molecule has 0 aliphatic heterocycles. The van der Waals surface area contributed by atoms with E-state index in [4.69, 9.17) is 0 Å². The first-order valence-corrected chi connectivity index (χ1v) is 7.87. The molecular formula is C16H28N4. The number of hydrogen-bond donors (Lipinski definition) is 2. The van der Waals surface area contributed by atoms with Gasteiger partial charge in [0, 0.05) is 19.2 Å². The summed E-state index contributed by atoms with van der Waals surface area (Å²) in [5.74, 6) is 4.54. The quantitative estimate of drug-likeness (QED) is 0.859. The largest absolute Gasteiger partial charge is 0.373 e. The van der Waals surface area contributed by atoms with E-state index in [0.29, 0.717) is 0 Å². The molecule has 1 aromatic rings. The van der Waals surface area contributed by atoms with Gasteiger partial charge in [-0.15, -0.1) is 0 Å². The lowest BCUT2D eigenvalue weighted by Crippen LogP contribution is -2.17. The molecule has 4 nitrogen and oxygen atoms in total. The Kier molecular flexibility index (Phi) is 5.21. The van der Waals surface area contributed by atoms with Crippen LogP contribution in [0.15, 0.2) is 0 Å². The average Bonchev–Trinajstić information content (AvgIpc) is 2.44. The van der Waals surface area contributed by atoms with Crippen LogP contribution in [0.4, 0.5) is 11.6 Å². The molecule has 2 rings (SSSR count). The van der Waals surface area contributed by atoms with E-state index >= 15 is 0 Å². The summed E-state index contributed by atoms with van der Waals surface area (Å²) in [6.45, 7) is 7.39. The molecule has 0 atom stereocenters. The third-order valence-electron chi connectivity index (χ3n) is 4.47. The van der Waals surface area contributed by atoms with E-state index in [-0.39, 0.29) is 0 Å². The summed E-state index contributed by atoms with van der Waals surface area (Å²) in [5, 5.41) is 6.63. The number of aromatic nitrogens is 2. The van der Waals surface area contributed by atoms with Gasteiger partial charge >= 0.3 is 0 Å². The average molecular weight is 276 g/mol. The molecule has 0 spiro atoms. The van der Waals surface area contributed by atoms with Crippen molar-refractivity contribution in [3.63, 3.8) is 0 Å². The SMILES string of the molecule is CNc1nc(C)nc(NCCC2CCC(C)CC2)c1C. The number of nitrogens with one attached hydrogen (secondary N) is 2. The molecule has 1 aliphatic rings. The zero-order chi connectivity index (χ0) is 14.5. The van der Waals surface area contributed by atoms with Crippen LogP contribution in [0.2, 0.25) is 0 Å². The number of anilines is 2. The summed E-state index contributed by atoms with van der Waals surface area (Å²) < 4.78 is 0. The van der Waals surface area contributed by atoms with Gasteiger partial charge in [-0.2, -0.15) is 0 Å². The van der Waals surface area contributed by atoms with E-state index in [2.05, 4.69) is 34.4 Å². The first-order chi connectivity index (χ1) is 9.60. The molecule has 0 saturated heterocycles. The maximum Gasteiger partial charge on any atom is 0.134 e. The molecule has 1 saturated carbocycles. The summed E-state index contributed by atoms with van der Waals surface area (Å²) in [6, 6.07) is 0. The second kappa shape index (κ2) is 6.91. The fourth-order valence-corrected chi connectivity index (χ4v) is 3.06. The van der Waals surface area contributed by atoms with Gasteiger partial charge in [-0.05, 0) is 32.1 Å². The minimum absolute atomic E-state index is 0.814. The number of rotatable bonds is 5. The first-order valence-electron chi connectivity index (χ1n) is 7.87. The van der Waals surface area contributed by atoms with Crippen LogP contribution in [0.5, 0.6) is 0 Å². The number of nitrogens with zero attached hydrogens (tertiary/aromatic N) is 2. The zero-order valence-electron chi connectivity index (χ0n) is 13.3. The molecule has 1 aliphatic carbocycles.